The van der Waals surface area contributed by atoms with Gasteiger partial charge in [0.2, 0.25) is 11.8 Å². The number of phenols is 1. The molecule has 2 aliphatic rings. The zero-order valence-electron chi connectivity index (χ0n) is 37.6. The first-order valence-corrected chi connectivity index (χ1v) is 22.9. The lowest BCUT2D eigenvalue weighted by Crippen LogP contribution is -2.48. The van der Waals surface area contributed by atoms with Crippen LogP contribution in [0.25, 0.3) is 0 Å². The number of aromatic nitrogens is 1. The Balaban J connectivity index is 1.43. The number of amides is 5. The van der Waals surface area contributed by atoms with E-state index in [1.54, 1.807) is 29.5 Å². The molecule has 2 aromatic rings. The molecule has 0 radical (unpaired) electrons. The van der Waals surface area contributed by atoms with Gasteiger partial charge in [0, 0.05) is 75.3 Å². The van der Waals surface area contributed by atoms with Gasteiger partial charge < -0.3 is 25.4 Å². The number of esters is 1. The number of hydrogen-bond acceptors (Lipinski definition) is 12. The van der Waals surface area contributed by atoms with Gasteiger partial charge in [0.05, 0.1) is 11.7 Å². The number of imide groups is 1. The van der Waals surface area contributed by atoms with E-state index in [0.717, 1.165) is 49.1 Å². The number of likely N-dealkylation sites (N-methyl/N-ethyl adjacent to an activating group) is 1. The number of rotatable bonds is 23. The molecule has 0 spiro atoms. The fourth-order valence-corrected chi connectivity index (χ4v) is 9.14. The quantitative estimate of drug-likeness (QED) is 0.0652. The molecule has 340 valence electrons. The average molecular weight is 879 g/mol. The minimum absolute atomic E-state index is 0.0178. The van der Waals surface area contributed by atoms with E-state index in [-0.39, 0.29) is 91.0 Å². The highest BCUT2D eigenvalue weighted by Crippen LogP contribution is 2.33. The Morgan fingerprint density at radius 3 is 2.40 bits per heavy atom. The molecule has 4 rings (SSSR count). The molecule has 16 heteroatoms. The van der Waals surface area contributed by atoms with Crippen LogP contribution in [-0.4, -0.2) is 111 Å². The van der Waals surface area contributed by atoms with Gasteiger partial charge in [-0.2, -0.15) is 0 Å². The first-order valence-electron chi connectivity index (χ1n) is 22.0. The van der Waals surface area contributed by atoms with E-state index in [0.29, 0.717) is 17.8 Å². The van der Waals surface area contributed by atoms with Crippen molar-refractivity contribution in [1.82, 2.24) is 25.0 Å². The summed E-state index contributed by atoms with van der Waals surface area (Å²) in [6, 6.07) is 3.96. The lowest BCUT2D eigenvalue weighted by atomic mass is 9.83. The van der Waals surface area contributed by atoms with Crippen molar-refractivity contribution < 1.29 is 43.4 Å². The number of thiazole rings is 1. The molecule has 62 heavy (non-hydrogen) atoms. The van der Waals surface area contributed by atoms with Crippen LogP contribution in [0.2, 0.25) is 0 Å². The van der Waals surface area contributed by atoms with Crippen molar-refractivity contribution in [3.8, 4) is 5.75 Å². The molecule has 2 aliphatic heterocycles. The maximum absolute atomic E-state index is 14.3. The van der Waals surface area contributed by atoms with E-state index in [4.69, 9.17) is 4.74 Å². The predicted molar refractivity (Wildman–Crippen MR) is 237 cm³/mol. The summed E-state index contributed by atoms with van der Waals surface area (Å²) in [5, 5.41) is 18.3. The second-order valence-corrected chi connectivity index (χ2v) is 18.0. The maximum atomic E-state index is 14.3. The van der Waals surface area contributed by atoms with Gasteiger partial charge in [0.1, 0.15) is 16.5 Å². The van der Waals surface area contributed by atoms with Gasteiger partial charge >= 0.3 is 5.97 Å². The number of phenolic OH excluding ortho intramolecular Hbond substituents is 1. The molecule has 6 atom stereocenters. The van der Waals surface area contributed by atoms with Crippen LogP contribution in [0.15, 0.2) is 35.7 Å². The Morgan fingerprint density at radius 2 is 1.77 bits per heavy atom. The molecule has 15 nitrogen and oxygen atoms in total. The van der Waals surface area contributed by atoms with Crippen molar-refractivity contribution in [3.05, 3.63) is 52.0 Å². The summed E-state index contributed by atoms with van der Waals surface area (Å²) < 4.78 is 5.82. The van der Waals surface area contributed by atoms with Crippen molar-refractivity contribution in [2.75, 3.05) is 32.5 Å². The number of anilines is 1. The van der Waals surface area contributed by atoms with Gasteiger partial charge in [0.15, 0.2) is 11.9 Å². The second kappa shape index (κ2) is 23.5. The van der Waals surface area contributed by atoms with Crippen molar-refractivity contribution in [1.29, 1.82) is 0 Å². The second-order valence-electron chi connectivity index (χ2n) is 17.1. The van der Waals surface area contributed by atoms with Crippen molar-refractivity contribution in [2.45, 2.75) is 136 Å². The number of carbonyl (C=O) groups is 7. The fraction of sp³-hybridized carbons (Fsp3) is 0.609. The smallest absolute Gasteiger partial charge is 0.303 e. The van der Waals surface area contributed by atoms with Crippen LogP contribution in [0, 0.1) is 17.8 Å². The number of piperidine rings is 1. The van der Waals surface area contributed by atoms with Crippen molar-refractivity contribution in [2.24, 2.45) is 17.8 Å². The zero-order valence-corrected chi connectivity index (χ0v) is 38.4. The highest BCUT2D eigenvalue weighted by atomic mass is 32.1. The third kappa shape index (κ3) is 13.8. The van der Waals surface area contributed by atoms with Crippen LogP contribution in [0.3, 0.4) is 0 Å². The average Bonchev–Trinajstić information content (AvgIpc) is 3.85. The Morgan fingerprint density at radius 1 is 1.06 bits per heavy atom. The molecular formula is C46H66N6O9S. The van der Waals surface area contributed by atoms with Gasteiger partial charge in [-0.05, 0) is 75.2 Å². The summed E-state index contributed by atoms with van der Waals surface area (Å²) >= 11 is 1.20. The highest BCUT2D eigenvalue weighted by Gasteiger charge is 2.38. The molecule has 0 aliphatic carbocycles. The molecule has 3 N–H and O–H groups in total. The first kappa shape index (κ1) is 49.7. The molecule has 1 saturated heterocycles. The number of ether oxygens (including phenoxy) is 1. The van der Waals surface area contributed by atoms with Crippen LogP contribution in [0.5, 0.6) is 5.75 Å². The maximum Gasteiger partial charge on any atom is 0.303 e. The molecule has 1 aromatic heterocycles. The van der Waals surface area contributed by atoms with Crippen LogP contribution >= 0.6 is 11.3 Å². The summed E-state index contributed by atoms with van der Waals surface area (Å²) in [6.45, 7) is 12.3. The summed E-state index contributed by atoms with van der Waals surface area (Å²) in [4.78, 5) is 99.9. The minimum atomic E-state index is -0.833. The number of aromatic hydroxyl groups is 1. The Bertz CT molecular complexity index is 1930. The Labute approximate surface area is 370 Å². The lowest BCUT2D eigenvalue weighted by Gasteiger charge is -2.37. The predicted octanol–water partition coefficient (Wildman–Crippen LogP) is 6.22. The molecular weight excluding hydrogens is 813 g/mol. The summed E-state index contributed by atoms with van der Waals surface area (Å²) in [6.07, 6.45) is 7.62. The Kier molecular flexibility index (Phi) is 18.8. The number of nitrogens with zero attached hydrogens (tertiary/aromatic N) is 4. The largest absolute Gasteiger partial charge is 0.506 e. The molecule has 0 bridgehead atoms. The first-order chi connectivity index (χ1) is 29.4. The summed E-state index contributed by atoms with van der Waals surface area (Å²) in [5.74, 6) is -2.84. The lowest BCUT2D eigenvalue weighted by molar-refractivity contribution is -0.149. The molecule has 3 heterocycles. The van der Waals surface area contributed by atoms with E-state index in [9.17, 15) is 38.7 Å². The standard InChI is InChI=1S/C46H66N6O9S/c1-9-14-32(23-31-17-18-38(54)34(24-31)48-41(56)16-13-22-52-42(57)19-20-43(52)58)47-44(59)35-27-62-45(49-35)40(61-30(6)53)26-37(28(3)4)51(8)46(60)33(29(5)10-2)25-39(55)36-15-11-12-21-50(36)7/h17-20,24,27-29,32-33,36-37,40,54H,9-16,21-23,25-26H2,1-8H3,(H,47,59)(H,48,56)/t29-,32+,33-,36+,37+,40+/m0/s1. The molecule has 1 fully saturated rings. The topological polar surface area (TPSA) is 196 Å². The third-order valence-electron chi connectivity index (χ3n) is 12.1. The third-order valence-corrected chi connectivity index (χ3v) is 13.0. The van der Waals surface area contributed by atoms with E-state index in [1.165, 1.54) is 36.5 Å². The Hall–Kier alpha value is -4.96. The van der Waals surface area contributed by atoms with E-state index >= 15 is 0 Å². The molecule has 5 amide bonds. The van der Waals surface area contributed by atoms with E-state index in [1.807, 2.05) is 41.7 Å². The van der Waals surface area contributed by atoms with Gasteiger partial charge in [0.25, 0.3) is 17.7 Å². The van der Waals surface area contributed by atoms with Crippen LogP contribution in [0.1, 0.15) is 133 Å². The summed E-state index contributed by atoms with van der Waals surface area (Å²) in [5.41, 5.74) is 1.11. The molecule has 1 aromatic carbocycles. The summed E-state index contributed by atoms with van der Waals surface area (Å²) in [7, 11) is 3.73. The van der Waals surface area contributed by atoms with Gasteiger partial charge in [-0.15, -0.1) is 11.3 Å². The zero-order chi connectivity index (χ0) is 45.7. The van der Waals surface area contributed by atoms with Gasteiger partial charge in [-0.1, -0.05) is 59.9 Å². The highest BCUT2D eigenvalue weighted by molar-refractivity contribution is 7.09. The van der Waals surface area contributed by atoms with E-state index in [2.05, 4.69) is 20.5 Å². The van der Waals surface area contributed by atoms with Gasteiger partial charge in [-0.25, -0.2) is 4.98 Å². The fourth-order valence-electron chi connectivity index (χ4n) is 8.30. The minimum Gasteiger partial charge on any atom is -0.506 e. The van der Waals surface area contributed by atoms with Crippen LogP contribution in [-0.2, 0) is 39.9 Å². The van der Waals surface area contributed by atoms with Gasteiger partial charge in [-0.3, -0.25) is 43.4 Å². The van der Waals surface area contributed by atoms with Crippen molar-refractivity contribution >= 4 is 58.3 Å². The number of hydrogen-bond donors (Lipinski definition) is 3. The van der Waals surface area contributed by atoms with Crippen molar-refractivity contribution in [3.63, 3.8) is 0 Å². The SMILES string of the molecule is CCC[C@H](Cc1ccc(O)c(NC(=O)CCCN2C(=O)C=CC2=O)c1)NC(=O)c1csc([C@@H](C[C@H](C(C)C)N(C)C(=O)[C@@H](CC(=O)[C@H]2CCCCN2C)[C@@H](C)CC)OC(C)=O)n1. The van der Waals surface area contributed by atoms with Crippen LogP contribution < -0.4 is 10.6 Å². The number of ketones is 1. The monoisotopic (exact) mass is 878 g/mol. The number of carbonyl (C=O) groups excluding carboxylic acids is 7. The van der Waals surface area contributed by atoms with E-state index < -0.39 is 41.6 Å². The number of benzene rings is 1. The number of Topliss-reactive ketones (excluding diaryl/α,β-unsaturated/α-hetero) is 1. The number of nitrogens with one attached hydrogen (secondary N) is 2. The number of likely N-dealkylation sites (tertiary alicyclic amines) is 1. The molecule has 0 unspecified atom stereocenters. The molecule has 0 saturated carbocycles. The van der Waals surface area contributed by atoms with Crippen LogP contribution in [0.4, 0.5) is 5.69 Å². The normalized spacial score (nSPS) is 18.0.